The zero-order valence-corrected chi connectivity index (χ0v) is 15.3. The van der Waals surface area contributed by atoms with E-state index < -0.39 is 0 Å². The van der Waals surface area contributed by atoms with Crippen LogP contribution in [0.4, 0.5) is 5.82 Å². The minimum Gasteiger partial charge on any atom is -0.344 e. The summed E-state index contributed by atoms with van der Waals surface area (Å²) < 4.78 is 2.03. The van der Waals surface area contributed by atoms with E-state index in [0.29, 0.717) is 5.92 Å². The molecule has 0 aliphatic rings. The molecule has 4 heteroatoms. The van der Waals surface area contributed by atoms with Gasteiger partial charge in [0.1, 0.15) is 5.82 Å². The fourth-order valence-electron chi connectivity index (χ4n) is 2.98. The van der Waals surface area contributed by atoms with Crippen molar-refractivity contribution < 1.29 is 0 Å². The van der Waals surface area contributed by atoms with Crippen LogP contribution in [0.1, 0.15) is 33.1 Å². The fraction of sp³-hybridized carbons (Fsp3) is 0.333. The van der Waals surface area contributed by atoms with E-state index in [-0.39, 0.29) is 0 Å². The van der Waals surface area contributed by atoms with Gasteiger partial charge in [0, 0.05) is 29.9 Å². The van der Waals surface area contributed by atoms with E-state index in [9.17, 15) is 0 Å². The lowest BCUT2D eigenvalue weighted by Gasteiger charge is -2.16. The Morgan fingerprint density at radius 3 is 2.80 bits per heavy atom. The van der Waals surface area contributed by atoms with Gasteiger partial charge in [-0.2, -0.15) is 0 Å². The van der Waals surface area contributed by atoms with Gasteiger partial charge in [-0.05, 0) is 29.9 Å². The second-order valence-corrected chi connectivity index (χ2v) is 6.71. The van der Waals surface area contributed by atoms with Crippen LogP contribution in [-0.4, -0.2) is 14.5 Å². The number of pyridine rings is 1. The summed E-state index contributed by atoms with van der Waals surface area (Å²) in [6.45, 7) is 8.62. The van der Waals surface area contributed by atoms with Gasteiger partial charge in [-0.1, -0.05) is 45.4 Å². The van der Waals surface area contributed by atoms with Gasteiger partial charge in [-0.25, -0.2) is 9.97 Å². The predicted octanol–water partition coefficient (Wildman–Crippen LogP) is 5.39. The Balaban J connectivity index is 1.83. The first-order valence-corrected chi connectivity index (χ1v) is 8.90. The number of hydrogen-bond donors (Lipinski definition) is 1. The number of nitrogens with zero attached hydrogens (tertiary/aromatic N) is 3. The Kier molecular flexibility index (Phi) is 5.17. The maximum atomic E-state index is 4.53. The molecule has 0 aliphatic heterocycles. The van der Waals surface area contributed by atoms with Crippen molar-refractivity contribution >= 4 is 16.6 Å². The maximum Gasteiger partial charge on any atom is 0.130 e. The minimum absolute atomic E-state index is 0.443. The molecule has 25 heavy (non-hydrogen) atoms. The van der Waals surface area contributed by atoms with E-state index in [2.05, 4.69) is 60.0 Å². The highest BCUT2D eigenvalue weighted by atomic mass is 15.0. The Labute approximate surface area is 149 Å². The largest absolute Gasteiger partial charge is 0.344 e. The number of anilines is 1. The molecule has 0 aliphatic carbocycles. The summed E-state index contributed by atoms with van der Waals surface area (Å²) in [6, 6.07) is 8.49. The van der Waals surface area contributed by atoms with Crippen LogP contribution in [0.5, 0.6) is 0 Å². The highest BCUT2D eigenvalue weighted by Gasteiger charge is 2.08. The second kappa shape index (κ2) is 7.51. The molecule has 1 unspecified atom stereocenters. The number of aryl methyl sites for hydroxylation is 1. The molecule has 1 atom stereocenters. The van der Waals surface area contributed by atoms with Crippen LogP contribution in [0.25, 0.3) is 22.0 Å². The molecule has 0 radical (unpaired) electrons. The third kappa shape index (κ3) is 3.90. The number of unbranched alkanes of at least 4 members (excludes halogenated alkanes) is 1. The van der Waals surface area contributed by atoms with E-state index in [1.807, 2.05) is 30.3 Å². The van der Waals surface area contributed by atoms with Crippen molar-refractivity contribution in [3.8, 4) is 11.3 Å². The molecule has 3 rings (SSSR count). The topological polar surface area (TPSA) is 42.7 Å². The SMILES string of the molecule is C=C(Nc1cc2cc(-c3cncn3C)ccc2cn1)C(C)CCCC. The van der Waals surface area contributed by atoms with Crippen molar-refractivity contribution in [2.75, 3.05) is 5.32 Å². The fourth-order valence-corrected chi connectivity index (χ4v) is 2.98. The monoisotopic (exact) mass is 334 g/mol. The zero-order chi connectivity index (χ0) is 17.8. The van der Waals surface area contributed by atoms with Gasteiger partial charge >= 0.3 is 0 Å². The Hall–Kier alpha value is -2.62. The Morgan fingerprint density at radius 2 is 2.08 bits per heavy atom. The number of allylic oxidation sites excluding steroid dienone is 1. The molecule has 130 valence electrons. The van der Waals surface area contributed by atoms with E-state index in [1.54, 1.807) is 0 Å². The third-order valence-corrected chi connectivity index (χ3v) is 4.71. The lowest BCUT2D eigenvalue weighted by molar-refractivity contribution is 0.575. The number of hydrogen-bond acceptors (Lipinski definition) is 3. The summed E-state index contributed by atoms with van der Waals surface area (Å²) >= 11 is 0. The second-order valence-electron chi connectivity index (χ2n) is 6.71. The number of fused-ring (bicyclic) bond motifs is 1. The standard InChI is InChI=1S/C21H26N4/c1-5-6-7-15(2)16(3)24-21-11-19-10-17(8-9-18(19)12-23-21)20-13-22-14-25(20)4/h8-15H,3,5-7H2,1-2,4H3,(H,23,24). The van der Waals surface area contributed by atoms with Gasteiger partial charge < -0.3 is 9.88 Å². The average molecular weight is 334 g/mol. The summed E-state index contributed by atoms with van der Waals surface area (Å²) in [5, 5.41) is 5.67. The highest BCUT2D eigenvalue weighted by Crippen LogP contribution is 2.26. The number of imidazole rings is 1. The third-order valence-electron chi connectivity index (χ3n) is 4.71. The average Bonchev–Trinajstić information content (AvgIpc) is 3.05. The normalized spacial score (nSPS) is 12.3. The van der Waals surface area contributed by atoms with Gasteiger partial charge in [-0.15, -0.1) is 0 Å². The van der Waals surface area contributed by atoms with E-state index in [4.69, 9.17) is 0 Å². The molecule has 1 aromatic carbocycles. The number of aromatic nitrogens is 3. The molecule has 4 nitrogen and oxygen atoms in total. The zero-order valence-electron chi connectivity index (χ0n) is 15.3. The van der Waals surface area contributed by atoms with Crippen LogP contribution in [0.2, 0.25) is 0 Å². The van der Waals surface area contributed by atoms with Crippen molar-refractivity contribution in [2.24, 2.45) is 13.0 Å². The molecule has 2 heterocycles. The van der Waals surface area contributed by atoms with Crippen LogP contribution >= 0.6 is 0 Å². The Bertz CT molecular complexity index is 878. The summed E-state index contributed by atoms with van der Waals surface area (Å²) in [4.78, 5) is 8.74. The number of benzene rings is 1. The van der Waals surface area contributed by atoms with Crippen molar-refractivity contribution in [1.82, 2.24) is 14.5 Å². The molecule has 0 fully saturated rings. The molecular weight excluding hydrogens is 308 g/mol. The molecule has 2 aromatic heterocycles. The Morgan fingerprint density at radius 1 is 1.24 bits per heavy atom. The summed E-state index contributed by atoms with van der Waals surface area (Å²) in [7, 11) is 2.01. The maximum absolute atomic E-state index is 4.53. The molecule has 0 amide bonds. The van der Waals surface area contributed by atoms with Gasteiger partial charge in [0.2, 0.25) is 0 Å². The molecule has 0 bridgehead atoms. The van der Waals surface area contributed by atoms with Crippen molar-refractivity contribution in [2.45, 2.75) is 33.1 Å². The minimum atomic E-state index is 0.443. The van der Waals surface area contributed by atoms with Gasteiger partial charge in [0.25, 0.3) is 0 Å². The van der Waals surface area contributed by atoms with Crippen molar-refractivity contribution in [3.05, 3.63) is 55.3 Å². The van der Waals surface area contributed by atoms with Crippen LogP contribution in [-0.2, 0) is 7.05 Å². The number of rotatable bonds is 7. The van der Waals surface area contributed by atoms with Crippen LogP contribution in [0, 0.1) is 5.92 Å². The number of nitrogens with one attached hydrogen (secondary N) is 1. The lowest BCUT2D eigenvalue weighted by atomic mass is 10.0. The first kappa shape index (κ1) is 17.2. The van der Waals surface area contributed by atoms with Crippen molar-refractivity contribution in [3.63, 3.8) is 0 Å². The lowest BCUT2D eigenvalue weighted by Crippen LogP contribution is -2.08. The summed E-state index contributed by atoms with van der Waals surface area (Å²) in [6.07, 6.45) is 9.21. The van der Waals surface area contributed by atoms with E-state index >= 15 is 0 Å². The van der Waals surface area contributed by atoms with Crippen LogP contribution in [0.15, 0.2) is 55.3 Å². The van der Waals surface area contributed by atoms with Crippen molar-refractivity contribution in [1.29, 1.82) is 0 Å². The molecule has 3 aromatic rings. The first-order chi connectivity index (χ1) is 12.1. The predicted molar refractivity (Wildman–Crippen MR) is 105 cm³/mol. The molecule has 0 saturated carbocycles. The smallest absolute Gasteiger partial charge is 0.130 e. The van der Waals surface area contributed by atoms with E-state index in [0.717, 1.165) is 40.0 Å². The van der Waals surface area contributed by atoms with Gasteiger partial charge in [0.15, 0.2) is 0 Å². The molecule has 0 spiro atoms. The molecule has 0 saturated heterocycles. The van der Waals surface area contributed by atoms with Gasteiger partial charge in [0.05, 0.1) is 18.2 Å². The summed E-state index contributed by atoms with van der Waals surface area (Å²) in [5.41, 5.74) is 3.29. The summed E-state index contributed by atoms with van der Waals surface area (Å²) in [5.74, 6) is 1.29. The van der Waals surface area contributed by atoms with Crippen LogP contribution in [0.3, 0.4) is 0 Å². The quantitative estimate of drug-likeness (QED) is 0.630. The van der Waals surface area contributed by atoms with Gasteiger partial charge in [-0.3, -0.25) is 0 Å². The molecular formula is C21H26N4. The van der Waals surface area contributed by atoms with E-state index in [1.165, 1.54) is 12.8 Å². The first-order valence-electron chi connectivity index (χ1n) is 8.90. The molecule has 1 N–H and O–H groups in total. The highest BCUT2D eigenvalue weighted by molar-refractivity contribution is 5.88. The van der Waals surface area contributed by atoms with Crippen LogP contribution < -0.4 is 5.32 Å².